The average molecular weight is 315 g/mol. The van der Waals surface area contributed by atoms with Gasteiger partial charge in [0.15, 0.2) is 0 Å². The van der Waals surface area contributed by atoms with Crippen molar-refractivity contribution in [3.63, 3.8) is 0 Å². The number of hydrogen-bond acceptors (Lipinski definition) is 2. The maximum absolute atomic E-state index is 12.9. The molecule has 0 saturated heterocycles. The number of halogens is 6. The summed E-state index contributed by atoms with van der Waals surface area (Å²) in [4.78, 5) is 11.6. The Labute approximate surface area is 116 Å². The van der Waals surface area contributed by atoms with E-state index in [9.17, 15) is 31.1 Å². The Morgan fingerprint density at radius 3 is 2.14 bits per heavy atom. The highest BCUT2D eigenvalue weighted by atomic mass is 19.3. The van der Waals surface area contributed by atoms with E-state index in [0.717, 1.165) is 19.2 Å². The van der Waals surface area contributed by atoms with Gasteiger partial charge in [-0.05, 0) is 17.7 Å². The number of nitrogens with zero attached hydrogens (tertiary/aromatic N) is 1. The van der Waals surface area contributed by atoms with Crippen LogP contribution in [0.25, 0.3) is 0 Å². The molecule has 0 N–H and O–H groups in total. The fraction of sp³-hybridized carbons (Fsp3) is 0.417. The van der Waals surface area contributed by atoms with Crippen molar-refractivity contribution in [1.82, 2.24) is 4.90 Å². The number of rotatable bonds is 6. The summed E-state index contributed by atoms with van der Waals surface area (Å²) in [6.45, 7) is -3.39. The Balaban J connectivity index is 2.71. The third-order valence-electron chi connectivity index (χ3n) is 2.47. The Bertz CT molecular complexity index is 477. The molecule has 1 aromatic carbocycles. The molecular weight excluding hydrogens is 304 g/mol. The van der Waals surface area contributed by atoms with E-state index in [1.807, 2.05) is 0 Å². The Morgan fingerprint density at radius 1 is 1.19 bits per heavy atom. The SMILES string of the molecule is CN(Cc1ccc(OC(F)F)cc1)C(=O)C(F)(F)C(F)F. The predicted octanol–water partition coefficient (Wildman–Crippen LogP) is 3.15. The van der Waals surface area contributed by atoms with Crippen LogP contribution in [-0.4, -0.2) is 36.8 Å². The number of hydrogen-bond donors (Lipinski definition) is 0. The third kappa shape index (κ3) is 4.54. The predicted molar refractivity (Wildman–Crippen MR) is 60.5 cm³/mol. The van der Waals surface area contributed by atoms with Crippen LogP contribution >= 0.6 is 0 Å². The smallest absolute Gasteiger partial charge is 0.387 e. The zero-order valence-corrected chi connectivity index (χ0v) is 10.7. The molecule has 1 aromatic rings. The van der Waals surface area contributed by atoms with Gasteiger partial charge < -0.3 is 9.64 Å². The van der Waals surface area contributed by atoms with Gasteiger partial charge in [0.2, 0.25) is 0 Å². The molecule has 0 spiro atoms. The second-order valence-electron chi connectivity index (χ2n) is 4.11. The van der Waals surface area contributed by atoms with Crippen LogP contribution in [0, 0.1) is 0 Å². The number of carbonyl (C=O) groups excluding carboxylic acids is 1. The number of benzene rings is 1. The number of alkyl halides is 6. The van der Waals surface area contributed by atoms with Crippen LogP contribution in [-0.2, 0) is 11.3 Å². The van der Waals surface area contributed by atoms with Gasteiger partial charge in [0, 0.05) is 13.6 Å². The van der Waals surface area contributed by atoms with Crippen molar-refractivity contribution < 1.29 is 35.9 Å². The molecule has 0 aliphatic carbocycles. The highest BCUT2D eigenvalue weighted by molar-refractivity contribution is 5.83. The molecule has 0 unspecified atom stereocenters. The zero-order chi connectivity index (χ0) is 16.2. The van der Waals surface area contributed by atoms with Gasteiger partial charge in [-0.2, -0.15) is 17.6 Å². The summed E-state index contributed by atoms with van der Waals surface area (Å²) in [5, 5.41) is 0. The van der Waals surface area contributed by atoms with Gasteiger partial charge in [0.05, 0.1) is 0 Å². The molecule has 21 heavy (non-hydrogen) atoms. The standard InChI is InChI=1S/C12H11F6NO2/c1-19(10(20)12(17,18)9(13)14)6-7-2-4-8(5-3-7)21-11(15)16/h2-5,9,11H,6H2,1H3. The molecule has 0 aromatic heterocycles. The molecule has 0 fully saturated rings. The maximum atomic E-state index is 12.9. The second-order valence-corrected chi connectivity index (χ2v) is 4.11. The van der Waals surface area contributed by atoms with Crippen molar-refractivity contribution >= 4 is 5.91 Å². The van der Waals surface area contributed by atoms with Crippen LogP contribution in [0.3, 0.4) is 0 Å². The second kappa shape index (κ2) is 6.68. The fourth-order valence-electron chi connectivity index (χ4n) is 1.47. The van der Waals surface area contributed by atoms with Gasteiger partial charge in [-0.1, -0.05) is 12.1 Å². The lowest BCUT2D eigenvalue weighted by Gasteiger charge is -2.22. The summed E-state index contributed by atoms with van der Waals surface area (Å²) in [6.07, 6.45) is -4.10. The van der Waals surface area contributed by atoms with Crippen LogP contribution in [0.5, 0.6) is 5.75 Å². The largest absolute Gasteiger partial charge is 0.435 e. The molecule has 0 heterocycles. The van der Waals surface area contributed by atoms with Crippen molar-refractivity contribution in [3.8, 4) is 5.75 Å². The first-order valence-electron chi connectivity index (χ1n) is 5.60. The van der Waals surface area contributed by atoms with E-state index in [-0.39, 0.29) is 17.9 Å². The van der Waals surface area contributed by atoms with E-state index >= 15 is 0 Å². The molecule has 0 aliphatic heterocycles. The van der Waals surface area contributed by atoms with E-state index in [1.54, 1.807) is 0 Å². The van der Waals surface area contributed by atoms with Gasteiger partial charge in [-0.25, -0.2) is 8.78 Å². The van der Waals surface area contributed by atoms with Gasteiger partial charge >= 0.3 is 19.0 Å². The van der Waals surface area contributed by atoms with Crippen LogP contribution in [0.15, 0.2) is 24.3 Å². The van der Waals surface area contributed by atoms with E-state index in [0.29, 0.717) is 4.90 Å². The van der Waals surface area contributed by atoms with Crippen LogP contribution in [0.1, 0.15) is 5.56 Å². The van der Waals surface area contributed by atoms with Gasteiger partial charge in [0.1, 0.15) is 5.75 Å². The molecule has 9 heteroatoms. The Hall–Kier alpha value is -1.93. The molecule has 0 aliphatic rings. The summed E-state index contributed by atoms with van der Waals surface area (Å²) < 4.78 is 77.7. The molecule has 0 saturated carbocycles. The third-order valence-corrected chi connectivity index (χ3v) is 2.47. The molecule has 118 valence electrons. The van der Waals surface area contributed by atoms with Crippen LogP contribution < -0.4 is 4.74 Å². The quantitative estimate of drug-likeness (QED) is 0.755. The van der Waals surface area contributed by atoms with E-state index in [4.69, 9.17) is 0 Å². The average Bonchev–Trinajstić information content (AvgIpc) is 2.39. The van der Waals surface area contributed by atoms with E-state index < -0.39 is 24.9 Å². The first-order chi connectivity index (χ1) is 9.64. The van der Waals surface area contributed by atoms with Crippen molar-refractivity contribution in [2.75, 3.05) is 7.05 Å². The van der Waals surface area contributed by atoms with Gasteiger partial charge in [0.25, 0.3) is 5.91 Å². The van der Waals surface area contributed by atoms with Gasteiger partial charge in [-0.15, -0.1) is 0 Å². The molecule has 1 rings (SSSR count). The van der Waals surface area contributed by atoms with Crippen LogP contribution in [0.4, 0.5) is 26.3 Å². The summed E-state index contributed by atoms with van der Waals surface area (Å²) in [5.74, 6) is -6.95. The van der Waals surface area contributed by atoms with E-state index in [1.165, 1.54) is 12.1 Å². The minimum Gasteiger partial charge on any atom is -0.435 e. The summed E-state index contributed by atoms with van der Waals surface area (Å²) in [7, 11) is 0.933. The van der Waals surface area contributed by atoms with Crippen LogP contribution in [0.2, 0.25) is 0 Å². The Kier molecular flexibility index (Phi) is 5.45. The minimum absolute atomic E-state index is 0.152. The first-order valence-corrected chi connectivity index (χ1v) is 5.60. The summed E-state index contributed by atoms with van der Waals surface area (Å²) in [5.41, 5.74) is 0.289. The minimum atomic E-state index is -4.77. The highest BCUT2D eigenvalue weighted by Crippen LogP contribution is 2.25. The lowest BCUT2D eigenvalue weighted by atomic mass is 10.2. The molecule has 0 atom stereocenters. The maximum Gasteiger partial charge on any atom is 0.387 e. The zero-order valence-electron chi connectivity index (χ0n) is 10.7. The molecule has 0 bridgehead atoms. The lowest BCUT2D eigenvalue weighted by molar-refractivity contribution is -0.179. The van der Waals surface area contributed by atoms with Crippen molar-refractivity contribution in [2.24, 2.45) is 0 Å². The fourth-order valence-corrected chi connectivity index (χ4v) is 1.47. The summed E-state index contributed by atoms with van der Waals surface area (Å²) in [6, 6.07) is 4.79. The normalized spacial score (nSPS) is 11.9. The van der Waals surface area contributed by atoms with Crippen molar-refractivity contribution in [1.29, 1.82) is 0 Å². The molecule has 1 amide bonds. The lowest BCUT2D eigenvalue weighted by Crippen LogP contribution is -2.45. The number of amides is 1. The Morgan fingerprint density at radius 2 is 1.71 bits per heavy atom. The topological polar surface area (TPSA) is 29.5 Å². The van der Waals surface area contributed by atoms with Gasteiger partial charge in [-0.3, -0.25) is 4.79 Å². The number of carbonyl (C=O) groups is 1. The monoisotopic (exact) mass is 315 g/mol. The molecule has 0 radical (unpaired) electrons. The molecular formula is C12H11F6NO2. The van der Waals surface area contributed by atoms with Crippen molar-refractivity contribution in [3.05, 3.63) is 29.8 Å². The molecule has 3 nitrogen and oxygen atoms in total. The summed E-state index contributed by atoms with van der Waals surface area (Å²) >= 11 is 0. The van der Waals surface area contributed by atoms with E-state index in [2.05, 4.69) is 4.74 Å². The highest BCUT2D eigenvalue weighted by Gasteiger charge is 2.50. The van der Waals surface area contributed by atoms with Crippen molar-refractivity contribution in [2.45, 2.75) is 25.5 Å². The number of ether oxygens (including phenoxy) is 1. The first kappa shape index (κ1) is 17.1.